The second-order valence-electron chi connectivity index (χ2n) is 3.01. The maximum Gasteiger partial charge on any atom is 0.189 e. The smallest absolute Gasteiger partial charge is 0.189 e. The summed E-state index contributed by atoms with van der Waals surface area (Å²) in [5.41, 5.74) is 1.56. The van der Waals surface area contributed by atoms with Gasteiger partial charge in [0, 0.05) is 23.2 Å². The van der Waals surface area contributed by atoms with E-state index in [1.807, 2.05) is 12.1 Å². The van der Waals surface area contributed by atoms with Crippen molar-refractivity contribution in [1.29, 1.82) is 0 Å². The van der Waals surface area contributed by atoms with E-state index in [4.69, 9.17) is 11.6 Å². The molecule has 0 unspecified atom stereocenters. The van der Waals surface area contributed by atoms with Crippen LogP contribution in [0.15, 0.2) is 35.3 Å². The van der Waals surface area contributed by atoms with Crippen LogP contribution in [0.2, 0.25) is 0 Å². The van der Waals surface area contributed by atoms with Crippen molar-refractivity contribution < 1.29 is 0 Å². The molecule has 3 heteroatoms. The number of H-pyrrole nitrogens is 1. The first-order chi connectivity index (χ1) is 7.33. The second-order valence-corrected chi connectivity index (χ2v) is 3.27. The Bertz CT molecular complexity index is 604. The first-order valence-corrected chi connectivity index (χ1v) is 5.01. The van der Waals surface area contributed by atoms with E-state index in [0.717, 1.165) is 11.1 Å². The Kier molecular flexibility index (Phi) is 2.75. The summed E-state index contributed by atoms with van der Waals surface area (Å²) in [6, 6.07) is 6.95. The first-order valence-electron chi connectivity index (χ1n) is 4.48. The number of nitrogens with one attached hydrogen (secondary N) is 1. The lowest BCUT2D eigenvalue weighted by molar-refractivity contribution is 1.38. The van der Waals surface area contributed by atoms with Crippen molar-refractivity contribution in [1.82, 2.24) is 4.98 Å². The number of aromatic nitrogens is 1. The van der Waals surface area contributed by atoms with Crippen LogP contribution in [0.1, 0.15) is 5.56 Å². The highest BCUT2D eigenvalue weighted by molar-refractivity contribution is 6.19. The molecular formula is C12H8ClNO. The highest BCUT2D eigenvalue weighted by Gasteiger charge is 2.00. The number of hydrogen-bond donors (Lipinski definition) is 1. The molecule has 74 valence electrons. The highest BCUT2D eigenvalue weighted by atomic mass is 35.5. The average molecular weight is 218 g/mol. The van der Waals surface area contributed by atoms with Crippen LogP contribution >= 0.6 is 11.6 Å². The molecule has 0 radical (unpaired) electrons. The molecule has 2 nitrogen and oxygen atoms in total. The minimum absolute atomic E-state index is 0.00160. The van der Waals surface area contributed by atoms with Crippen LogP contribution in [-0.2, 0) is 0 Å². The van der Waals surface area contributed by atoms with Crippen molar-refractivity contribution in [3.05, 3.63) is 46.2 Å². The molecule has 15 heavy (non-hydrogen) atoms. The molecule has 0 amide bonds. The van der Waals surface area contributed by atoms with Crippen LogP contribution < -0.4 is 5.43 Å². The van der Waals surface area contributed by atoms with Gasteiger partial charge in [0.1, 0.15) is 0 Å². The fraction of sp³-hybridized carbons (Fsp3) is 0.0833. The third kappa shape index (κ3) is 1.88. The van der Waals surface area contributed by atoms with Gasteiger partial charge in [-0.3, -0.25) is 4.79 Å². The summed E-state index contributed by atoms with van der Waals surface area (Å²) in [5, 5.41) is 0.652. The summed E-state index contributed by atoms with van der Waals surface area (Å²) in [4.78, 5) is 14.5. The molecule has 2 rings (SSSR count). The average Bonchev–Trinajstić information content (AvgIpc) is 2.27. The van der Waals surface area contributed by atoms with Gasteiger partial charge in [-0.15, -0.1) is 11.6 Å². The number of aromatic amines is 1. The zero-order valence-corrected chi connectivity index (χ0v) is 8.64. The van der Waals surface area contributed by atoms with Crippen LogP contribution in [0.4, 0.5) is 0 Å². The van der Waals surface area contributed by atoms with E-state index in [-0.39, 0.29) is 11.3 Å². The molecule has 0 saturated carbocycles. The number of benzene rings is 1. The molecule has 2 aromatic rings. The Hall–Kier alpha value is -1.72. The number of fused-ring (bicyclic) bond motifs is 1. The molecule has 0 aliphatic rings. The molecule has 0 fully saturated rings. The number of hydrogen-bond acceptors (Lipinski definition) is 1. The first kappa shape index (κ1) is 9.82. The van der Waals surface area contributed by atoms with E-state index in [2.05, 4.69) is 16.8 Å². The Morgan fingerprint density at radius 3 is 3.00 bits per heavy atom. The lowest BCUT2D eigenvalue weighted by atomic mass is 10.1. The maximum absolute atomic E-state index is 11.5. The van der Waals surface area contributed by atoms with E-state index in [9.17, 15) is 4.79 Å². The standard InChI is InChI=1S/C12H8ClNO/c13-7-2-4-9-3-1-5-10-11(15)6-8-14-12(9)10/h1,3,5-6,8H,7H2,(H,14,15). The Morgan fingerprint density at radius 2 is 2.20 bits per heavy atom. The van der Waals surface area contributed by atoms with Crippen LogP contribution in [0, 0.1) is 11.8 Å². The SMILES string of the molecule is O=c1cc[nH]c2c(C#CCCl)cccc12. The largest absolute Gasteiger partial charge is 0.360 e. The Balaban J connectivity index is 2.77. The number of para-hydroxylation sites is 1. The Morgan fingerprint density at radius 1 is 1.33 bits per heavy atom. The van der Waals surface area contributed by atoms with Crippen molar-refractivity contribution >= 4 is 22.5 Å². The third-order valence-corrected chi connectivity index (χ3v) is 2.22. The lowest BCUT2D eigenvalue weighted by Gasteiger charge is -1.98. The second kappa shape index (κ2) is 4.20. The van der Waals surface area contributed by atoms with Gasteiger partial charge in [-0.2, -0.15) is 0 Å². The molecule has 0 saturated heterocycles. The normalized spacial score (nSPS) is 9.67. The fourth-order valence-corrected chi connectivity index (χ4v) is 1.50. The summed E-state index contributed by atoms with van der Waals surface area (Å²) in [6.07, 6.45) is 1.62. The minimum atomic E-state index is -0.00160. The summed E-state index contributed by atoms with van der Waals surface area (Å²) >= 11 is 5.49. The van der Waals surface area contributed by atoms with Gasteiger partial charge < -0.3 is 4.98 Å². The molecule has 0 spiro atoms. The van der Waals surface area contributed by atoms with E-state index >= 15 is 0 Å². The molecule has 0 bridgehead atoms. The summed E-state index contributed by atoms with van der Waals surface area (Å²) in [5.74, 6) is 5.97. The van der Waals surface area contributed by atoms with Crippen LogP contribution in [0.5, 0.6) is 0 Å². The van der Waals surface area contributed by atoms with Gasteiger partial charge >= 0.3 is 0 Å². The quantitative estimate of drug-likeness (QED) is 0.532. The Labute approximate surface area is 91.9 Å². The number of pyridine rings is 1. The van der Waals surface area contributed by atoms with Gasteiger partial charge in [-0.1, -0.05) is 17.9 Å². The molecular weight excluding hydrogens is 210 g/mol. The van der Waals surface area contributed by atoms with Gasteiger partial charge in [-0.05, 0) is 12.1 Å². The van der Waals surface area contributed by atoms with Gasteiger partial charge in [-0.25, -0.2) is 0 Å². The molecule has 1 N–H and O–H groups in total. The topological polar surface area (TPSA) is 32.9 Å². The van der Waals surface area contributed by atoms with Crippen LogP contribution in [0.3, 0.4) is 0 Å². The van der Waals surface area contributed by atoms with Gasteiger partial charge in [0.05, 0.1) is 11.4 Å². The molecule has 1 aromatic heterocycles. The van der Waals surface area contributed by atoms with E-state index in [1.54, 1.807) is 12.3 Å². The summed E-state index contributed by atoms with van der Waals surface area (Å²) in [6.45, 7) is 0. The van der Waals surface area contributed by atoms with Crippen LogP contribution in [0.25, 0.3) is 10.9 Å². The van der Waals surface area contributed by atoms with Crippen molar-refractivity contribution in [2.45, 2.75) is 0 Å². The van der Waals surface area contributed by atoms with Crippen molar-refractivity contribution in [3.8, 4) is 11.8 Å². The molecule has 1 heterocycles. The predicted octanol–water partition coefficient (Wildman–Crippen LogP) is 2.12. The van der Waals surface area contributed by atoms with Crippen molar-refractivity contribution in [3.63, 3.8) is 0 Å². The van der Waals surface area contributed by atoms with Crippen molar-refractivity contribution in [2.24, 2.45) is 0 Å². The van der Waals surface area contributed by atoms with Crippen molar-refractivity contribution in [2.75, 3.05) is 5.88 Å². The summed E-state index contributed by atoms with van der Waals surface area (Å²) in [7, 11) is 0. The predicted molar refractivity (Wildman–Crippen MR) is 62.2 cm³/mol. The zero-order chi connectivity index (χ0) is 10.7. The fourth-order valence-electron chi connectivity index (χ4n) is 1.44. The molecule has 0 aliphatic heterocycles. The van der Waals surface area contributed by atoms with Gasteiger partial charge in [0.25, 0.3) is 0 Å². The number of halogens is 1. The highest BCUT2D eigenvalue weighted by Crippen LogP contribution is 2.11. The van der Waals surface area contributed by atoms with Crippen LogP contribution in [-0.4, -0.2) is 10.9 Å². The number of rotatable bonds is 0. The van der Waals surface area contributed by atoms with Gasteiger partial charge in [0.2, 0.25) is 0 Å². The molecule has 1 aromatic carbocycles. The van der Waals surface area contributed by atoms with E-state index < -0.39 is 0 Å². The zero-order valence-electron chi connectivity index (χ0n) is 7.88. The minimum Gasteiger partial charge on any atom is -0.360 e. The van der Waals surface area contributed by atoms with E-state index in [1.165, 1.54) is 6.07 Å². The maximum atomic E-state index is 11.5. The summed E-state index contributed by atoms with van der Waals surface area (Å²) < 4.78 is 0. The lowest BCUT2D eigenvalue weighted by Crippen LogP contribution is -2.00. The van der Waals surface area contributed by atoms with E-state index in [0.29, 0.717) is 5.39 Å². The number of alkyl halides is 1. The third-order valence-electron chi connectivity index (χ3n) is 2.08. The van der Waals surface area contributed by atoms with Gasteiger partial charge in [0.15, 0.2) is 5.43 Å². The molecule has 0 atom stereocenters. The monoisotopic (exact) mass is 217 g/mol. The molecule has 0 aliphatic carbocycles.